The number of hydrogen-bond acceptors (Lipinski definition) is 12. The summed E-state index contributed by atoms with van der Waals surface area (Å²) < 4.78 is 11.2. The minimum absolute atomic E-state index is 0.0228. The Kier molecular flexibility index (Phi) is 21.3. The zero-order valence-electron chi connectivity index (χ0n) is 38.9. The smallest absolute Gasteiger partial charge is 0.258 e. The van der Waals surface area contributed by atoms with E-state index in [1.54, 1.807) is 36.4 Å². The van der Waals surface area contributed by atoms with Crippen molar-refractivity contribution in [3.05, 3.63) is 129 Å². The summed E-state index contributed by atoms with van der Waals surface area (Å²) in [6, 6.07) is 20.6. The number of carbonyl (C=O) groups is 6. The fourth-order valence-electron chi connectivity index (χ4n) is 6.83. The lowest BCUT2D eigenvalue weighted by atomic mass is 10.1. The first-order chi connectivity index (χ1) is 34.1. The van der Waals surface area contributed by atoms with Crippen molar-refractivity contribution < 1.29 is 38.2 Å². The van der Waals surface area contributed by atoms with Gasteiger partial charge in [-0.2, -0.15) is 20.5 Å². The third-order valence-electron chi connectivity index (χ3n) is 10.3. The number of carbonyl (C=O) groups excluding carboxylic acids is 6. The van der Waals surface area contributed by atoms with Crippen LogP contribution in [0.2, 0.25) is 10.0 Å². The highest BCUT2D eigenvalue weighted by Gasteiger charge is 2.27. The molecular formula is C50H49Cl5N8O8. The normalized spacial score (nSPS) is 12.0. The van der Waals surface area contributed by atoms with Crippen molar-refractivity contribution in [2.75, 3.05) is 52.1 Å². The molecule has 372 valence electrons. The Bertz CT molecular complexity index is 2850. The first-order valence-electron chi connectivity index (χ1n) is 22.1. The zero-order valence-corrected chi connectivity index (χ0v) is 42.7. The second-order valence-electron chi connectivity index (χ2n) is 15.3. The Morgan fingerprint density at radius 1 is 0.521 bits per heavy atom. The summed E-state index contributed by atoms with van der Waals surface area (Å²) in [6.07, 6.45) is 1.12. The number of aryl methyl sites for hydroxylation is 3. The fourth-order valence-corrected chi connectivity index (χ4v) is 7.94. The van der Waals surface area contributed by atoms with E-state index in [0.717, 1.165) is 25.0 Å². The number of halogens is 5. The van der Waals surface area contributed by atoms with Crippen LogP contribution in [0, 0.1) is 0 Å². The molecule has 0 aliphatic rings. The number of anilines is 4. The van der Waals surface area contributed by atoms with Gasteiger partial charge in [-0.1, -0.05) is 35.3 Å². The lowest BCUT2D eigenvalue weighted by Gasteiger charge is -2.16. The SMILES string of the molecule is CCOc1ccc(NC(=O)c2cccc(N=NC(C(C)=O)C(=O)Nc3ccc(NC(=O)C(N=Nc4cccc(C(=O)Nc5ccc(OCC)cc5CCCl)c4Cl)C(C)=O)c(CCCl)c3)c2Cl)c(CCCl)c1. The maximum Gasteiger partial charge on any atom is 0.258 e. The van der Waals surface area contributed by atoms with Crippen LogP contribution in [0.25, 0.3) is 0 Å². The zero-order chi connectivity index (χ0) is 51.6. The van der Waals surface area contributed by atoms with Crippen LogP contribution in [0.15, 0.2) is 111 Å². The maximum atomic E-state index is 13.6. The highest BCUT2D eigenvalue weighted by Crippen LogP contribution is 2.33. The van der Waals surface area contributed by atoms with Gasteiger partial charge in [-0.15, -0.1) is 34.8 Å². The van der Waals surface area contributed by atoms with Gasteiger partial charge in [0.05, 0.1) is 34.4 Å². The van der Waals surface area contributed by atoms with E-state index in [0.29, 0.717) is 66.3 Å². The minimum atomic E-state index is -1.63. The molecule has 5 aromatic rings. The van der Waals surface area contributed by atoms with E-state index in [2.05, 4.69) is 41.7 Å². The molecule has 0 saturated carbocycles. The number of rotatable bonds is 24. The van der Waals surface area contributed by atoms with Crippen LogP contribution in [-0.4, -0.2) is 78.1 Å². The third kappa shape index (κ3) is 15.3. The molecule has 0 aliphatic carbocycles. The fraction of sp³-hybridized carbons (Fsp3) is 0.280. The van der Waals surface area contributed by atoms with Crippen molar-refractivity contribution in [1.82, 2.24) is 0 Å². The van der Waals surface area contributed by atoms with E-state index in [1.807, 2.05) is 13.8 Å². The van der Waals surface area contributed by atoms with Gasteiger partial charge in [0.25, 0.3) is 23.6 Å². The van der Waals surface area contributed by atoms with Gasteiger partial charge in [-0.05, 0) is 143 Å². The summed E-state index contributed by atoms with van der Waals surface area (Å²) in [7, 11) is 0. The lowest BCUT2D eigenvalue weighted by molar-refractivity contribution is -0.127. The number of ketones is 2. The van der Waals surface area contributed by atoms with Gasteiger partial charge in [-0.3, -0.25) is 28.8 Å². The number of ether oxygens (including phenoxy) is 2. The van der Waals surface area contributed by atoms with E-state index in [-0.39, 0.29) is 56.2 Å². The standard InChI is InChI=1S/C50H49Cl5N8O8/c1-5-70-34-14-17-39(31(26-34)20-23-52)57-47(66)36-9-7-11-41(43(36)54)60-62-45(28(3)64)49(68)56-33-13-16-38(30(25-33)19-22-51)59-50(69)46(29(4)65)63-61-42-12-8-10-37(44(42)55)48(67)58-40-18-15-35(71-6-2)27-32(40)21-24-53/h7-18,25-27,45-46H,5-6,19-24H2,1-4H3,(H,56,68)(H,57,66)(H,58,67)(H,59,69). The predicted molar refractivity (Wildman–Crippen MR) is 279 cm³/mol. The van der Waals surface area contributed by atoms with Crippen LogP contribution in [0.4, 0.5) is 34.1 Å². The first kappa shape index (κ1) is 55.5. The molecule has 71 heavy (non-hydrogen) atoms. The Balaban J connectivity index is 1.28. The second kappa shape index (κ2) is 27.2. The molecule has 2 atom stereocenters. The third-order valence-corrected chi connectivity index (χ3v) is 11.6. The van der Waals surface area contributed by atoms with E-state index in [9.17, 15) is 28.8 Å². The average Bonchev–Trinajstić information content (AvgIpc) is 3.32. The Hall–Kier alpha value is -6.43. The van der Waals surface area contributed by atoms with Gasteiger partial charge in [0.2, 0.25) is 12.1 Å². The van der Waals surface area contributed by atoms with Crippen molar-refractivity contribution in [1.29, 1.82) is 0 Å². The average molecular weight is 1070 g/mol. The van der Waals surface area contributed by atoms with Crippen molar-refractivity contribution >= 4 is 127 Å². The molecule has 0 saturated heterocycles. The van der Waals surface area contributed by atoms with Gasteiger partial charge < -0.3 is 30.7 Å². The topological polar surface area (TPSA) is 218 Å². The summed E-state index contributed by atoms with van der Waals surface area (Å²) in [4.78, 5) is 79.4. The molecule has 4 N–H and O–H groups in total. The highest BCUT2D eigenvalue weighted by molar-refractivity contribution is 6.37. The molecule has 0 heterocycles. The molecule has 0 radical (unpaired) electrons. The highest BCUT2D eigenvalue weighted by atomic mass is 35.5. The van der Waals surface area contributed by atoms with Gasteiger partial charge >= 0.3 is 0 Å². The molecule has 16 nitrogen and oxygen atoms in total. The molecule has 2 unspecified atom stereocenters. The van der Waals surface area contributed by atoms with Gasteiger partial charge in [0, 0.05) is 40.4 Å². The van der Waals surface area contributed by atoms with Crippen LogP contribution >= 0.6 is 58.0 Å². The summed E-state index contributed by atoms with van der Waals surface area (Å²) in [5, 5.41) is 27.0. The summed E-state index contributed by atoms with van der Waals surface area (Å²) >= 11 is 31.4. The molecule has 4 amide bonds. The first-order valence-corrected chi connectivity index (χ1v) is 24.4. The quantitative estimate of drug-likeness (QED) is 0.0264. The molecule has 5 aromatic carbocycles. The summed E-state index contributed by atoms with van der Waals surface area (Å²) in [5.74, 6) is -2.11. The lowest BCUT2D eigenvalue weighted by Crippen LogP contribution is -2.32. The molecule has 5 rings (SSSR count). The number of nitrogens with one attached hydrogen (secondary N) is 4. The molecule has 0 bridgehead atoms. The second-order valence-corrected chi connectivity index (χ2v) is 17.2. The van der Waals surface area contributed by atoms with Crippen LogP contribution < -0.4 is 30.7 Å². The number of azo groups is 2. The summed E-state index contributed by atoms with van der Waals surface area (Å²) in [6.45, 7) is 6.98. The number of nitrogens with zero attached hydrogens (tertiary/aromatic N) is 4. The minimum Gasteiger partial charge on any atom is -0.494 e. The van der Waals surface area contributed by atoms with Crippen molar-refractivity contribution in [3.63, 3.8) is 0 Å². The van der Waals surface area contributed by atoms with Gasteiger partial charge in [-0.25, -0.2) is 0 Å². The van der Waals surface area contributed by atoms with Crippen molar-refractivity contribution in [2.24, 2.45) is 20.5 Å². The number of Topliss-reactive ketones (excluding diaryl/α,β-unsaturated/α-hetero) is 2. The van der Waals surface area contributed by atoms with E-state index >= 15 is 0 Å². The van der Waals surface area contributed by atoms with E-state index < -0.39 is 47.3 Å². The van der Waals surface area contributed by atoms with Gasteiger partial charge in [0.15, 0.2) is 11.6 Å². The number of benzene rings is 5. The Morgan fingerprint density at radius 3 is 1.32 bits per heavy atom. The van der Waals surface area contributed by atoms with E-state index in [4.69, 9.17) is 67.5 Å². The number of alkyl halides is 3. The monoisotopic (exact) mass is 1060 g/mol. The van der Waals surface area contributed by atoms with E-state index in [1.165, 1.54) is 54.6 Å². The van der Waals surface area contributed by atoms with Crippen LogP contribution in [-0.2, 0) is 38.4 Å². The van der Waals surface area contributed by atoms with Gasteiger partial charge in [0.1, 0.15) is 22.9 Å². The molecule has 0 spiro atoms. The van der Waals surface area contributed by atoms with Crippen LogP contribution in [0.3, 0.4) is 0 Å². The molecule has 0 aliphatic heterocycles. The largest absolute Gasteiger partial charge is 0.494 e. The Labute approximate surface area is 435 Å². The molecule has 0 fully saturated rings. The number of amides is 4. The van der Waals surface area contributed by atoms with Crippen molar-refractivity contribution in [3.8, 4) is 11.5 Å². The Morgan fingerprint density at radius 2 is 0.915 bits per heavy atom. The molecular weight excluding hydrogens is 1020 g/mol. The van der Waals surface area contributed by atoms with Crippen LogP contribution in [0.1, 0.15) is 65.1 Å². The molecule has 0 aromatic heterocycles. The predicted octanol–water partition coefficient (Wildman–Crippen LogP) is 12.0. The summed E-state index contributed by atoms with van der Waals surface area (Å²) in [5.41, 5.74) is 3.61. The van der Waals surface area contributed by atoms with Crippen molar-refractivity contribution in [2.45, 2.75) is 59.0 Å². The maximum absolute atomic E-state index is 13.6. The molecule has 21 heteroatoms. The number of hydrogen-bond donors (Lipinski definition) is 4. The van der Waals surface area contributed by atoms with Crippen LogP contribution in [0.5, 0.6) is 11.5 Å².